The standard InChI is InChI=1S/C10H9O2/c1-10(2)9(11)7-5-3-4-6-8(7)12-10/h3,5-6H,1-2H3. The van der Waals surface area contributed by atoms with Crippen LogP contribution >= 0.6 is 0 Å². The van der Waals surface area contributed by atoms with Gasteiger partial charge in [-0.2, -0.15) is 0 Å². The number of hydrogen-bond donors (Lipinski definition) is 0. The molecule has 1 aliphatic heterocycles. The van der Waals surface area contributed by atoms with E-state index in [9.17, 15) is 4.79 Å². The van der Waals surface area contributed by atoms with E-state index >= 15 is 0 Å². The average molecular weight is 161 g/mol. The molecule has 2 rings (SSSR count). The predicted molar refractivity (Wildman–Crippen MR) is 44.3 cm³/mol. The molecule has 1 radical (unpaired) electrons. The number of carbonyl (C=O) groups excluding carboxylic acids is 1. The highest BCUT2D eigenvalue weighted by Crippen LogP contribution is 2.33. The van der Waals surface area contributed by atoms with Crippen LogP contribution in [-0.2, 0) is 0 Å². The van der Waals surface area contributed by atoms with Gasteiger partial charge in [-0.15, -0.1) is 0 Å². The zero-order chi connectivity index (χ0) is 8.77. The Morgan fingerprint density at radius 1 is 1.50 bits per heavy atom. The van der Waals surface area contributed by atoms with Crippen molar-refractivity contribution in [2.24, 2.45) is 0 Å². The molecule has 0 bridgehead atoms. The Balaban J connectivity index is 2.57. The molecule has 0 saturated heterocycles. The van der Waals surface area contributed by atoms with Crippen molar-refractivity contribution in [3.05, 3.63) is 29.8 Å². The summed E-state index contributed by atoms with van der Waals surface area (Å²) in [5.41, 5.74) is -0.0314. The van der Waals surface area contributed by atoms with Gasteiger partial charge in [0.05, 0.1) is 5.56 Å². The second-order valence-electron chi connectivity index (χ2n) is 3.36. The molecular formula is C10H9O2. The van der Waals surface area contributed by atoms with Gasteiger partial charge in [0.25, 0.3) is 0 Å². The monoisotopic (exact) mass is 161 g/mol. The Bertz CT molecular complexity index is 339. The quantitative estimate of drug-likeness (QED) is 0.580. The van der Waals surface area contributed by atoms with Crippen LogP contribution in [0.25, 0.3) is 0 Å². The molecular weight excluding hydrogens is 152 g/mol. The molecule has 0 aliphatic carbocycles. The van der Waals surface area contributed by atoms with E-state index < -0.39 is 5.60 Å². The summed E-state index contributed by atoms with van der Waals surface area (Å²) in [5, 5.41) is 0. The van der Waals surface area contributed by atoms with E-state index in [0.717, 1.165) is 0 Å². The molecule has 1 aliphatic rings. The highest BCUT2D eigenvalue weighted by atomic mass is 16.5. The molecule has 0 amide bonds. The fourth-order valence-electron chi connectivity index (χ4n) is 1.33. The lowest BCUT2D eigenvalue weighted by Gasteiger charge is -2.14. The van der Waals surface area contributed by atoms with Gasteiger partial charge in [-0.1, -0.05) is 6.07 Å². The number of ether oxygens (including phenoxy) is 1. The van der Waals surface area contributed by atoms with Crippen molar-refractivity contribution in [3.63, 3.8) is 0 Å². The predicted octanol–water partition coefficient (Wildman–Crippen LogP) is 1.84. The molecule has 1 aromatic carbocycles. The first-order valence-corrected chi connectivity index (χ1v) is 3.85. The molecule has 0 fully saturated rings. The zero-order valence-corrected chi connectivity index (χ0v) is 7.05. The van der Waals surface area contributed by atoms with E-state index in [1.807, 2.05) is 0 Å². The average Bonchev–Trinajstić information content (AvgIpc) is 2.24. The molecule has 0 saturated carbocycles. The summed E-state index contributed by atoms with van der Waals surface area (Å²) in [6, 6.07) is 8.04. The van der Waals surface area contributed by atoms with Crippen molar-refractivity contribution in [1.29, 1.82) is 0 Å². The van der Waals surface area contributed by atoms with Gasteiger partial charge < -0.3 is 4.74 Å². The number of Topliss-reactive ketones (excluding diaryl/α,β-unsaturated/α-hetero) is 1. The molecule has 2 nitrogen and oxygen atoms in total. The van der Waals surface area contributed by atoms with Crippen molar-refractivity contribution < 1.29 is 9.53 Å². The fourth-order valence-corrected chi connectivity index (χ4v) is 1.33. The van der Waals surface area contributed by atoms with Crippen LogP contribution in [0.3, 0.4) is 0 Å². The molecule has 0 aromatic heterocycles. The first-order chi connectivity index (χ1) is 5.61. The van der Waals surface area contributed by atoms with Crippen LogP contribution in [0.1, 0.15) is 24.2 Å². The Morgan fingerprint density at radius 3 is 2.92 bits per heavy atom. The zero-order valence-electron chi connectivity index (χ0n) is 7.05. The number of benzene rings is 1. The van der Waals surface area contributed by atoms with E-state index in [-0.39, 0.29) is 5.78 Å². The van der Waals surface area contributed by atoms with E-state index in [0.29, 0.717) is 11.3 Å². The minimum atomic E-state index is -0.697. The first kappa shape index (κ1) is 7.35. The van der Waals surface area contributed by atoms with E-state index in [1.165, 1.54) is 0 Å². The second kappa shape index (κ2) is 2.09. The normalized spacial score (nSPS) is 18.7. The molecule has 0 unspecified atom stereocenters. The summed E-state index contributed by atoms with van der Waals surface area (Å²) in [6.07, 6.45) is 0. The highest BCUT2D eigenvalue weighted by Gasteiger charge is 2.39. The van der Waals surface area contributed by atoms with Gasteiger partial charge in [0.1, 0.15) is 5.75 Å². The highest BCUT2D eigenvalue weighted by molar-refractivity contribution is 6.06. The van der Waals surface area contributed by atoms with Gasteiger partial charge in [0, 0.05) is 0 Å². The molecule has 12 heavy (non-hydrogen) atoms. The molecule has 61 valence electrons. The number of hydrogen-bond acceptors (Lipinski definition) is 2. The maximum Gasteiger partial charge on any atom is 0.209 e. The summed E-state index contributed by atoms with van der Waals surface area (Å²) in [7, 11) is 0. The van der Waals surface area contributed by atoms with Crippen LogP contribution in [0.5, 0.6) is 5.75 Å². The van der Waals surface area contributed by atoms with Crippen LogP contribution < -0.4 is 4.74 Å². The molecule has 0 N–H and O–H groups in total. The Hall–Kier alpha value is -1.31. The summed E-state index contributed by atoms with van der Waals surface area (Å²) in [6.45, 7) is 3.55. The third-order valence-electron chi connectivity index (χ3n) is 1.98. The molecule has 2 heteroatoms. The lowest BCUT2D eigenvalue weighted by atomic mass is 10.0. The van der Waals surface area contributed by atoms with E-state index in [1.54, 1.807) is 32.0 Å². The van der Waals surface area contributed by atoms with Crippen molar-refractivity contribution in [1.82, 2.24) is 0 Å². The lowest BCUT2D eigenvalue weighted by molar-refractivity contribution is 0.0684. The number of rotatable bonds is 0. The van der Waals surface area contributed by atoms with Gasteiger partial charge in [0.15, 0.2) is 5.60 Å². The van der Waals surface area contributed by atoms with Crippen LogP contribution in [-0.4, -0.2) is 11.4 Å². The van der Waals surface area contributed by atoms with Crippen molar-refractivity contribution >= 4 is 5.78 Å². The van der Waals surface area contributed by atoms with Crippen molar-refractivity contribution in [3.8, 4) is 5.75 Å². The number of carbonyl (C=O) groups is 1. The minimum absolute atomic E-state index is 0.0477. The summed E-state index contributed by atoms with van der Waals surface area (Å²) < 4.78 is 5.43. The SMILES string of the molecule is CC1(C)Oc2c[c]ccc2C1=O. The third-order valence-corrected chi connectivity index (χ3v) is 1.98. The molecule has 1 heterocycles. The minimum Gasteiger partial charge on any atom is -0.479 e. The third kappa shape index (κ3) is 0.843. The molecule has 0 atom stereocenters. The van der Waals surface area contributed by atoms with Gasteiger partial charge in [-0.3, -0.25) is 4.79 Å². The maximum absolute atomic E-state index is 11.6. The van der Waals surface area contributed by atoms with Crippen LogP contribution in [0.4, 0.5) is 0 Å². The Morgan fingerprint density at radius 2 is 2.25 bits per heavy atom. The number of ketones is 1. The lowest BCUT2D eigenvalue weighted by Crippen LogP contribution is -2.31. The van der Waals surface area contributed by atoms with E-state index in [2.05, 4.69) is 6.07 Å². The van der Waals surface area contributed by atoms with Crippen molar-refractivity contribution in [2.75, 3.05) is 0 Å². The Kier molecular flexibility index (Phi) is 1.28. The fraction of sp³-hybridized carbons (Fsp3) is 0.300. The van der Waals surface area contributed by atoms with Gasteiger partial charge >= 0.3 is 0 Å². The van der Waals surface area contributed by atoms with Crippen molar-refractivity contribution in [2.45, 2.75) is 19.4 Å². The van der Waals surface area contributed by atoms with Crippen LogP contribution in [0.15, 0.2) is 18.2 Å². The van der Waals surface area contributed by atoms with Gasteiger partial charge in [0.2, 0.25) is 5.78 Å². The molecule has 1 aromatic rings. The topological polar surface area (TPSA) is 26.3 Å². The van der Waals surface area contributed by atoms with Gasteiger partial charge in [-0.25, -0.2) is 0 Å². The first-order valence-electron chi connectivity index (χ1n) is 3.85. The molecule has 0 spiro atoms. The largest absolute Gasteiger partial charge is 0.479 e. The maximum atomic E-state index is 11.6. The number of fused-ring (bicyclic) bond motifs is 1. The Labute approximate surface area is 71.2 Å². The second-order valence-corrected chi connectivity index (χ2v) is 3.36. The van der Waals surface area contributed by atoms with Gasteiger partial charge in [-0.05, 0) is 32.0 Å². The summed E-state index contributed by atoms with van der Waals surface area (Å²) in [4.78, 5) is 11.6. The summed E-state index contributed by atoms with van der Waals surface area (Å²) in [5.74, 6) is 0.694. The van der Waals surface area contributed by atoms with Crippen LogP contribution in [0, 0.1) is 6.07 Å². The van der Waals surface area contributed by atoms with Crippen LogP contribution in [0.2, 0.25) is 0 Å². The summed E-state index contributed by atoms with van der Waals surface area (Å²) >= 11 is 0. The smallest absolute Gasteiger partial charge is 0.209 e. The van der Waals surface area contributed by atoms with E-state index in [4.69, 9.17) is 4.74 Å².